The van der Waals surface area contributed by atoms with Gasteiger partial charge in [0.25, 0.3) is 0 Å². The molecule has 0 aliphatic carbocycles. The number of carbonyl (C=O) groups excluding carboxylic acids is 1. The van der Waals surface area contributed by atoms with Gasteiger partial charge in [-0.3, -0.25) is 4.79 Å². The van der Waals surface area contributed by atoms with E-state index in [4.69, 9.17) is 20.2 Å². The third-order valence-electron chi connectivity index (χ3n) is 6.16. The zero-order chi connectivity index (χ0) is 27.4. The van der Waals surface area contributed by atoms with Gasteiger partial charge in [0, 0.05) is 30.5 Å². The molecule has 3 heterocycles. The summed E-state index contributed by atoms with van der Waals surface area (Å²) in [5.74, 6) is -0.298. The van der Waals surface area contributed by atoms with Gasteiger partial charge in [0.05, 0.1) is 35.7 Å². The predicted octanol–water partition coefficient (Wildman–Crippen LogP) is 3.68. The van der Waals surface area contributed by atoms with Crippen LogP contribution in [-0.2, 0) is 14.3 Å². The molecule has 5 N–H and O–H groups in total. The van der Waals surface area contributed by atoms with Gasteiger partial charge in [-0.1, -0.05) is 0 Å². The fourth-order valence-corrected chi connectivity index (χ4v) is 4.02. The van der Waals surface area contributed by atoms with Gasteiger partial charge in [0.15, 0.2) is 5.82 Å². The third-order valence-corrected chi connectivity index (χ3v) is 6.16. The lowest BCUT2D eigenvalue weighted by Crippen LogP contribution is -2.49. The molecule has 2 aromatic carbocycles. The molecule has 4 aromatic rings. The van der Waals surface area contributed by atoms with E-state index in [0.717, 1.165) is 0 Å². The molecule has 1 saturated heterocycles. The molecule has 39 heavy (non-hydrogen) atoms. The normalized spacial score (nSPS) is 19.0. The zero-order valence-corrected chi connectivity index (χ0v) is 21.1. The number of carbonyl (C=O) groups is 1. The standard InChI is InChI=1S/C27H27F2N7O3/c1-27(25(37)31-13-11-30)14-38-24(39-15-27)23-35-21(16-2-4-17(28)5-3-16)22(36-23)20-10-12-32-26(34-20)33-19-8-6-18(29)7-9-19/h2-10,12,24H,11,13-15,30H2,1H3,(H,31,37)(H,35,36)(H,32,33,34). The SMILES string of the molecule is CC1(C(=O)NCCN)COC(c2nc(-c3ccc(F)cc3)c(-c3ccnc(Nc4ccc(F)cc4)n3)[nH]2)OC1. The molecule has 0 saturated carbocycles. The van der Waals surface area contributed by atoms with Crippen molar-refractivity contribution in [1.29, 1.82) is 0 Å². The smallest absolute Gasteiger partial charge is 0.230 e. The lowest BCUT2D eigenvalue weighted by Gasteiger charge is -2.35. The molecule has 2 aromatic heterocycles. The molecule has 0 radical (unpaired) electrons. The van der Waals surface area contributed by atoms with Crippen molar-refractivity contribution in [2.24, 2.45) is 11.1 Å². The van der Waals surface area contributed by atoms with Crippen LogP contribution in [-0.4, -0.2) is 52.1 Å². The molecular weight excluding hydrogens is 508 g/mol. The molecule has 0 atom stereocenters. The first-order chi connectivity index (χ1) is 18.8. The number of rotatable bonds is 8. The van der Waals surface area contributed by atoms with Crippen molar-refractivity contribution >= 4 is 17.5 Å². The summed E-state index contributed by atoms with van der Waals surface area (Å²) in [4.78, 5) is 29.3. The summed E-state index contributed by atoms with van der Waals surface area (Å²) >= 11 is 0. The number of benzene rings is 2. The number of nitrogens with two attached hydrogens (primary N) is 1. The second-order valence-corrected chi connectivity index (χ2v) is 9.31. The van der Waals surface area contributed by atoms with E-state index in [9.17, 15) is 13.6 Å². The van der Waals surface area contributed by atoms with E-state index >= 15 is 0 Å². The minimum absolute atomic E-state index is 0.106. The molecule has 0 spiro atoms. The first-order valence-electron chi connectivity index (χ1n) is 12.3. The number of anilines is 2. The number of ether oxygens (including phenoxy) is 2. The highest BCUT2D eigenvalue weighted by molar-refractivity contribution is 5.82. The van der Waals surface area contributed by atoms with E-state index in [-0.39, 0.29) is 36.7 Å². The summed E-state index contributed by atoms with van der Waals surface area (Å²) in [7, 11) is 0. The fraction of sp³-hybridized carbons (Fsp3) is 0.259. The minimum atomic E-state index is -0.880. The third kappa shape index (κ3) is 5.93. The van der Waals surface area contributed by atoms with Crippen LogP contribution in [0, 0.1) is 17.0 Å². The van der Waals surface area contributed by atoms with Gasteiger partial charge < -0.3 is 30.8 Å². The number of hydrogen-bond donors (Lipinski definition) is 4. The predicted molar refractivity (Wildman–Crippen MR) is 140 cm³/mol. The number of nitrogens with zero attached hydrogens (tertiary/aromatic N) is 3. The van der Waals surface area contributed by atoms with Gasteiger partial charge in [0.2, 0.25) is 18.1 Å². The van der Waals surface area contributed by atoms with E-state index in [2.05, 4.69) is 25.6 Å². The number of imidazole rings is 1. The Bertz CT molecular complexity index is 1440. The van der Waals surface area contributed by atoms with Gasteiger partial charge in [-0.05, 0) is 61.5 Å². The molecule has 5 rings (SSSR count). The summed E-state index contributed by atoms with van der Waals surface area (Å²) in [6.07, 6.45) is 0.703. The van der Waals surface area contributed by atoms with Crippen molar-refractivity contribution in [2.75, 3.05) is 31.6 Å². The lowest BCUT2D eigenvalue weighted by atomic mass is 9.91. The van der Waals surface area contributed by atoms with Crippen LogP contribution < -0.4 is 16.4 Å². The molecule has 0 bridgehead atoms. The van der Waals surface area contributed by atoms with Crippen molar-refractivity contribution in [1.82, 2.24) is 25.3 Å². The molecule has 10 nitrogen and oxygen atoms in total. The molecule has 1 amide bonds. The highest BCUT2D eigenvalue weighted by atomic mass is 19.1. The number of halogens is 2. The van der Waals surface area contributed by atoms with Crippen LogP contribution in [0.1, 0.15) is 19.0 Å². The average molecular weight is 536 g/mol. The Morgan fingerprint density at radius 3 is 2.38 bits per heavy atom. The summed E-state index contributed by atoms with van der Waals surface area (Å²) in [5, 5.41) is 5.81. The summed E-state index contributed by atoms with van der Waals surface area (Å²) in [6.45, 7) is 2.66. The molecule has 0 unspecified atom stereocenters. The van der Waals surface area contributed by atoms with Crippen LogP contribution in [0.25, 0.3) is 22.6 Å². The number of amides is 1. The average Bonchev–Trinajstić information content (AvgIpc) is 3.39. The Morgan fingerprint density at radius 1 is 1.05 bits per heavy atom. The van der Waals surface area contributed by atoms with Crippen molar-refractivity contribution in [3.05, 3.63) is 78.3 Å². The molecule has 202 valence electrons. The maximum Gasteiger partial charge on any atom is 0.230 e. The number of H-pyrrole nitrogens is 1. The second kappa shape index (κ2) is 11.2. The van der Waals surface area contributed by atoms with E-state index in [1.165, 1.54) is 24.3 Å². The Morgan fingerprint density at radius 2 is 1.72 bits per heavy atom. The minimum Gasteiger partial charge on any atom is -0.354 e. The largest absolute Gasteiger partial charge is 0.354 e. The van der Waals surface area contributed by atoms with Gasteiger partial charge in [-0.15, -0.1) is 0 Å². The molecule has 12 heteroatoms. The van der Waals surface area contributed by atoms with Crippen molar-refractivity contribution in [3.8, 4) is 22.6 Å². The van der Waals surface area contributed by atoms with Gasteiger partial charge in [-0.25, -0.2) is 23.7 Å². The van der Waals surface area contributed by atoms with Crippen LogP contribution in [0.4, 0.5) is 20.4 Å². The maximum absolute atomic E-state index is 13.7. The van der Waals surface area contributed by atoms with E-state index in [1.54, 1.807) is 43.5 Å². The van der Waals surface area contributed by atoms with Gasteiger partial charge >= 0.3 is 0 Å². The molecule has 1 fully saturated rings. The van der Waals surface area contributed by atoms with Crippen molar-refractivity contribution < 1.29 is 23.0 Å². The highest BCUT2D eigenvalue weighted by Crippen LogP contribution is 2.35. The monoisotopic (exact) mass is 535 g/mol. The number of hydrogen-bond acceptors (Lipinski definition) is 8. The molecule has 1 aliphatic heterocycles. The van der Waals surface area contributed by atoms with Gasteiger partial charge in [-0.2, -0.15) is 0 Å². The van der Waals surface area contributed by atoms with Gasteiger partial charge in [0.1, 0.15) is 11.6 Å². The quantitative estimate of drug-likeness (QED) is 0.268. The summed E-state index contributed by atoms with van der Waals surface area (Å²) in [5.41, 5.74) is 7.38. The zero-order valence-electron chi connectivity index (χ0n) is 21.1. The second-order valence-electron chi connectivity index (χ2n) is 9.31. The van der Waals surface area contributed by atoms with Crippen molar-refractivity contribution in [2.45, 2.75) is 13.2 Å². The van der Waals surface area contributed by atoms with E-state index in [1.807, 2.05) is 0 Å². The van der Waals surface area contributed by atoms with Crippen LogP contribution in [0.15, 0.2) is 60.8 Å². The Balaban J connectivity index is 1.44. The number of aromatic amines is 1. The van der Waals surface area contributed by atoms with E-state index in [0.29, 0.717) is 47.2 Å². The fourth-order valence-electron chi connectivity index (χ4n) is 4.02. The topological polar surface area (TPSA) is 140 Å². The number of aromatic nitrogens is 4. The van der Waals surface area contributed by atoms with Crippen LogP contribution in [0.2, 0.25) is 0 Å². The Kier molecular flexibility index (Phi) is 7.59. The molecular formula is C27H27F2N7O3. The first kappa shape index (κ1) is 26.4. The number of nitrogens with one attached hydrogen (secondary N) is 3. The van der Waals surface area contributed by atoms with E-state index < -0.39 is 11.7 Å². The maximum atomic E-state index is 13.7. The van der Waals surface area contributed by atoms with Crippen LogP contribution >= 0.6 is 0 Å². The highest BCUT2D eigenvalue weighted by Gasteiger charge is 2.40. The van der Waals surface area contributed by atoms with Crippen LogP contribution in [0.5, 0.6) is 0 Å². The van der Waals surface area contributed by atoms with Crippen LogP contribution in [0.3, 0.4) is 0 Å². The summed E-state index contributed by atoms with van der Waals surface area (Å²) < 4.78 is 38.8. The van der Waals surface area contributed by atoms with Crippen molar-refractivity contribution in [3.63, 3.8) is 0 Å². The Labute approximate surface area is 223 Å². The molecule has 1 aliphatic rings. The Hall–Kier alpha value is -4.26. The lowest BCUT2D eigenvalue weighted by molar-refractivity contribution is -0.231. The summed E-state index contributed by atoms with van der Waals surface area (Å²) in [6, 6.07) is 13.4. The first-order valence-corrected chi connectivity index (χ1v) is 12.3.